The monoisotopic (exact) mass is 403 g/mol. The Morgan fingerprint density at radius 1 is 1.38 bits per heavy atom. The Balaban J connectivity index is 1.85. The third kappa shape index (κ3) is 3.99. The number of hydrogen-bond donors (Lipinski definition) is 5. The van der Waals surface area contributed by atoms with Crippen LogP contribution in [0.2, 0.25) is 10.9 Å². The first kappa shape index (κ1) is 22.3. The molecule has 1 aromatic rings. The Kier molecular flexibility index (Phi) is 6.20. The van der Waals surface area contributed by atoms with Crippen molar-refractivity contribution < 1.29 is 30.3 Å². The van der Waals surface area contributed by atoms with Crippen molar-refractivity contribution in [2.45, 2.75) is 67.6 Å². The maximum Gasteiger partial charge on any atom is 0.333 e. The van der Waals surface area contributed by atoms with E-state index < -0.39 is 72.1 Å². The Morgan fingerprint density at radius 2 is 2.00 bits per heavy atom. The minimum absolute atomic E-state index is 0.0239. The van der Waals surface area contributed by atoms with Crippen LogP contribution >= 0.6 is 0 Å². The smallest absolute Gasteiger partial charge is 0.333 e. The number of aromatic nitrogens is 2. The topological polar surface area (TPSA) is 154 Å². The van der Waals surface area contributed by atoms with E-state index in [2.05, 4.69) is 0 Å². The average Bonchev–Trinajstić information content (AvgIpc) is 3.12. The summed E-state index contributed by atoms with van der Waals surface area (Å²) in [5.74, 6) is 0. The predicted octanol–water partition coefficient (Wildman–Crippen LogP) is -4.04. The molecule has 5 radical (unpaired) electrons. The van der Waals surface area contributed by atoms with Crippen LogP contribution in [0.3, 0.4) is 0 Å². The van der Waals surface area contributed by atoms with Gasteiger partial charge in [0.2, 0.25) is 0 Å². The summed E-state index contributed by atoms with van der Waals surface area (Å²) in [6.45, 7) is 0.407. The van der Waals surface area contributed by atoms with Gasteiger partial charge in [0.15, 0.2) is 0 Å². The van der Waals surface area contributed by atoms with Gasteiger partial charge in [-0.15, -0.1) is 5.72 Å². The second-order valence-electron chi connectivity index (χ2n) is 7.73. The molecule has 2 aliphatic rings. The molecule has 0 saturated carbocycles. The van der Waals surface area contributed by atoms with Gasteiger partial charge in [-0.2, -0.15) is 0 Å². The van der Waals surface area contributed by atoms with Gasteiger partial charge in [-0.1, -0.05) is 5.21 Å². The Labute approximate surface area is 169 Å². The van der Waals surface area contributed by atoms with Crippen molar-refractivity contribution in [3.05, 3.63) is 32.6 Å². The number of aliphatic hydroxyl groups excluding tert-OH is 5. The fourth-order valence-corrected chi connectivity index (χ4v) is 3.54. The van der Waals surface area contributed by atoms with Crippen LogP contribution in [0.4, 0.5) is 0 Å². The summed E-state index contributed by atoms with van der Waals surface area (Å²) in [6.07, 6.45) is -6.51. The van der Waals surface area contributed by atoms with Crippen LogP contribution in [0.5, 0.6) is 0 Å². The van der Waals surface area contributed by atoms with Crippen molar-refractivity contribution in [1.29, 1.82) is 0 Å². The fourth-order valence-electron chi connectivity index (χ4n) is 3.54. The molecule has 3 rings (SSSR count). The van der Waals surface area contributed by atoms with Crippen LogP contribution in [-0.2, 0) is 11.3 Å². The van der Waals surface area contributed by atoms with Gasteiger partial charge in [-0.05, 0) is 6.92 Å². The molecule has 5 unspecified atom stereocenters. The summed E-state index contributed by atoms with van der Waals surface area (Å²) in [7, 11) is 12.8. The third-order valence-electron chi connectivity index (χ3n) is 5.60. The molecule has 0 spiro atoms. The summed E-state index contributed by atoms with van der Waals surface area (Å²) in [6, 6.07) is 0. The van der Waals surface area contributed by atoms with Crippen LogP contribution in [0.25, 0.3) is 0 Å². The zero-order valence-electron chi connectivity index (χ0n) is 15.8. The molecule has 2 fully saturated rings. The van der Waals surface area contributed by atoms with Crippen molar-refractivity contribution in [3.63, 3.8) is 0 Å². The van der Waals surface area contributed by atoms with E-state index in [1.807, 2.05) is 0 Å². The van der Waals surface area contributed by atoms with Crippen molar-refractivity contribution in [2.24, 2.45) is 0 Å². The van der Waals surface area contributed by atoms with Gasteiger partial charge in [-0.3, -0.25) is 13.9 Å². The van der Waals surface area contributed by atoms with E-state index in [4.69, 9.17) is 20.4 Å². The molecule has 13 heteroatoms. The van der Waals surface area contributed by atoms with Gasteiger partial charge >= 0.3 is 5.69 Å². The van der Waals surface area contributed by atoms with E-state index in [1.54, 1.807) is 0 Å². The highest BCUT2D eigenvalue weighted by Gasteiger charge is 2.54. The lowest BCUT2D eigenvalue weighted by atomic mass is 9.64. The van der Waals surface area contributed by atoms with Crippen molar-refractivity contribution in [1.82, 2.24) is 9.13 Å². The molecule has 10 nitrogen and oxygen atoms in total. The molecule has 0 aliphatic carbocycles. The van der Waals surface area contributed by atoms with Crippen molar-refractivity contribution in [2.75, 3.05) is 6.61 Å². The van der Waals surface area contributed by atoms with E-state index in [0.29, 0.717) is 4.57 Å². The highest BCUT2D eigenvalue weighted by atomic mass is 16.5. The predicted molar refractivity (Wildman–Crippen MR) is 103 cm³/mol. The molecule has 2 aliphatic heterocycles. The quantitative estimate of drug-likeness (QED) is 0.289. The summed E-state index contributed by atoms with van der Waals surface area (Å²) in [5.41, 5.74) is -2.02. The molecule has 2 saturated heterocycles. The lowest BCUT2D eigenvalue weighted by Gasteiger charge is -2.29. The van der Waals surface area contributed by atoms with Crippen LogP contribution < -0.4 is 11.2 Å². The van der Waals surface area contributed by atoms with Gasteiger partial charge in [0.25, 0.3) is 5.56 Å². The normalized spacial score (nSPS) is 34.4. The van der Waals surface area contributed by atoms with E-state index >= 15 is 0 Å². The number of aryl methyl sites for hydroxylation is 1. The maximum absolute atomic E-state index is 12.8. The summed E-state index contributed by atoms with van der Waals surface area (Å²) in [5, 5.41) is 48.4. The molecular weight excluding hydrogens is 381 g/mol. The second kappa shape index (κ2) is 8.05. The van der Waals surface area contributed by atoms with Crippen LogP contribution in [0.1, 0.15) is 18.2 Å². The molecule has 29 heavy (non-hydrogen) atoms. The SMILES string of the molecule is [B]C1[B]C1([B])C(O)C(O)C(O)Cn1c(=O)c(C)cn([C@H]2C[C@H](O)[C@@H](CO)O2)c1=O. The van der Waals surface area contributed by atoms with E-state index in [0.717, 1.165) is 4.57 Å². The summed E-state index contributed by atoms with van der Waals surface area (Å²) < 4.78 is 7.25. The summed E-state index contributed by atoms with van der Waals surface area (Å²) in [4.78, 5) is 25.3. The number of rotatable bonds is 7. The standard InChI is InChI=1S/C16H22B3N2O8/c1-6-3-20(10-2-7(23)9(5-22)29-10)15(28)21(13(6)27)4-8(24)11(25)12(26)16(18)14(17)19-16/h3,7-12,14,22-26H,2,4-5H2,1H3/t7-,8?,9+,10+,11?,12?,14?,16?/m0/s1. The van der Waals surface area contributed by atoms with E-state index in [1.165, 1.54) is 20.4 Å². The number of ether oxygens (including phenoxy) is 1. The van der Waals surface area contributed by atoms with Gasteiger partial charge < -0.3 is 30.3 Å². The van der Waals surface area contributed by atoms with Crippen LogP contribution in [-0.4, -0.2) is 94.8 Å². The van der Waals surface area contributed by atoms with Gasteiger partial charge in [0.1, 0.15) is 31.8 Å². The molecule has 5 N–H and O–H groups in total. The first-order valence-electron chi connectivity index (χ1n) is 9.23. The first-order chi connectivity index (χ1) is 13.5. The van der Waals surface area contributed by atoms with Gasteiger partial charge in [0.05, 0.1) is 41.1 Å². The van der Waals surface area contributed by atoms with E-state index in [-0.39, 0.29) is 12.0 Å². The highest BCUT2D eigenvalue weighted by Crippen LogP contribution is 2.54. The minimum Gasteiger partial charge on any atom is -0.394 e. The fraction of sp³-hybridized carbons (Fsp3) is 0.750. The zero-order chi connectivity index (χ0) is 21.7. The van der Waals surface area contributed by atoms with Crippen LogP contribution in [0.15, 0.2) is 15.8 Å². The Hall–Kier alpha value is -1.37. The first-order valence-corrected chi connectivity index (χ1v) is 9.23. The van der Waals surface area contributed by atoms with Gasteiger partial charge in [-0.25, -0.2) is 4.79 Å². The zero-order valence-corrected chi connectivity index (χ0v) is 15.8. The van der Waals surface area contributed by atoms with Crippen molar-refractivity contribution in [3.8, 4) is 0 Å². The highest BCUT2D eigenvalue weighted by molar-refractivity contribution is 6.78. The molecular formula is C16H22B3N2O8. The van der Waals surface area contributed by atoms with Crippen LogP contribution in [0, 0.1) is 6.92 Å². The van der Waals surface area contributed by atoms with E-state index in [9.17, 15) is 35.1 Å². The molecule has 153 valence electrons. The number of aliphatic hydroxyl groups is 5. The third-order valence-corrected chi connectivity index (χ3v) is 5.60. The Morgan fingerprint density at radius 3 is 2.52 bits per heavy atom. The molecule has 1 aromatic heterocycles. The molecule has 3 heterocycles. The molecule has 0 amide bonds. The minimum atomic E-state index is -1.76. The lowest BCUT2D eigenvalue weighted by molar-refractivity contribution is -0.0680. The van der Waals surface area contributed by atoms with Gasteiger partial charge in [0, 0.05) is 18.2 Å². The number of nitrogens with zero attached hydrogens (tertiary/aromatic N) is 2. The lowest BCUT2D eigenvalue weighted by Crippen LogP contribution is -2.49. The second-order valence-corrected chi connectivity index (χ2v) is 7.73. The maximum atomic E-state index is 12.8. The molecule has 0 bridgehead atoms. The average molecular weight is 403 g/mol. The molecule has 8 atom stereocenters. The summed E-state index contributed by atoms with van der Waals surface area (Å²) >= 11 is 0. The van der Waals surface area contributed by atoms with Crippen molar-refractivity contribution >= 4 is 23.0 Å². The number of hydrogen-bond acceptors (Lipinski definition) is 8. The molecule has 0 aromatic carbocycles. The Bertz CT molecular complexity index is 879. The largest absolute Gasteiger partial charge is 0.394 e.